The molecule has 0 bridgehead atoms. The molecule has 1 aromatic carbocycles. The molecule has 0 atom stereocenters. The number of hydrogen-bond acceptors (Lipinski definition) is 2. The quantitative estimate of drug-likeness (QED) is 0.937. The molecular weight excluding hydrogens is 272 g/mol. The summed E-state index contributed by atoms with van der Waals surface area (Å²) in [6.45, 7) is 0.402. The molecule has 1 aromatic heterocycles. The lowest BCUT2D eigenvalue weighted by molar-refractivity contribution is 0.181. The number of nitrogens with zero attached hydrogens (tertiary/aromatic N) is 1. The summed E-state index contributed by atoms with van der Waals surface area (Å²) in [6.07, 6.45) is 0. The predicted molar refractivity (Wildman–Crippen MR) is 64.8 cm³/mol. The van der Waals surface area contributed by atoms with Crippen molar-refractivity contribution < 1.29 is 4.74 Å². The Kier molecular flexibility index (Phi) is 3.26. The van der Waals surface area contributed by atoms with E-state index in [0.717, 1.165) is 15.9 Å². The Balaban J connectivity index is 2.40. The number of ether oxygens (including phenoxy) is 1. The zero-order chi connectivity index (χ0) is 11.5. The van der Waals surface area contributed by atoms with Crippen LogP contribution in [0, 0.1) is 0 Å². The highest BCUT2D eigenvalue weighted by Gasteiger charge is 2.04. The number of hydrogen-bond donors (Lipinski definition) is 1. The molecule has 0 saturated heterocycles. The van der Waals surface area contributed by atoms with Crippen LogP contribution in [-0.4, -0.2) is 16.9 Å². The van der Waals surface area contributed by atoms with E-state index in [2.05, 4.69) is 21.0 Å². The lowest BCUT2D eigenvalue weighted by atomic mass is 10.3. The van der Waals surface area contributed by atoms with Crippen LogP contribution < -0.4 is 5.56 Å². The molecule has 0 saturated carbocycles. The van der Waals surface area contributed by atoms with Crippen LogP contribution in [0.3, 0.4) is 0 Å². The summed E-state index contributed by atoms with van der Waals surface area (Å²) in [4.78, 5) is 11.7. The maximum absolute atomic E-state index is 11.7. The molecule has 5 heteroatoms. The van der Waals surface area contributed by atoms with Gasteiger partial charge in [0.25, 0.3) is 5.56 Å². The van der Waals surface area contributed by atoms with E-state index in [9.17, 15) is 4.79 Å². The van der Waals surface area contributed by atoms with Crippen LogP contribution in [0.4, 0.5) is 0 Å². The van der Waals surface area contributed by atoms with Gasteiger partial charge in [-0.15, -0.1) is 0 Å². The molecule has 84 valence electrons. The van der Waals surface area contributed by atoms with E-state index in [4.69, 9.17) is 4.74 Å². The van der Waals surface area contributed by atoms with Crippen molar-refractivity contribution in [2.45, 2.75) is 6.61 Å². The van der Waals surface area contributed by atoms with Crippen molar-refractivity contribution in [2.75, 3.05) is 7.11 Å². The van der Waals surface area contributed by atoms with Crippen LogP contribution in [0.5, 0.6) is 0 Å². The van der Waals surface area contributed by atoms with Gasteiger partial charge in [0.1, 0.15) is 0 Å². The highest BCUT2D eigenvalue weighted by atomic mass is 79.9. The van der Waals surface area contributed by atoms with Gasteiger partial charge in [-0.25, -0.2) is 4.68 Å². The van der Waals surface area contributed by atoms with Crippen molar-refractivity contribution in [1.29, 1.82) is 0 Å². The van der Waals surface area contributed by atoms with Gasteiger partial charge in [-0.05, 0) is 24.3 Å². The fraction of sp³-hybridized carbons (Fsp3) is 0.182. The second kappa shape index (κ2) is 4.67. The molecule has 2 rings (SSSR count). The number of methoxy groups -OCH3 is 1. The van der Waals surface area contributed by atoms with Crippen molar-refractivity contribution in [3.63, 3.8) is 0 Å². The van der Waals surface area contributed by atoms with Crippen molar-refractivity contribution in [3.05, 3.63) is 50.9 Å². The first-order chi connectivity index (χ1) is 7.70. The molecule has 0 spiro atoms. The third-order valence-corrected chi connectivity index (χ3v) is 2.69. The van der Waals surface area contributed by atoms with Crippen LogP contribution >= 0.6 is 15.9 Å². The number of nitrogens with one attached hydrogen (secondary N) is 1. The van der Waals surface area contributed by atoms with Crippen LogP contribution in [0.15, 0.2) is 39.6 Å². The zero-order valence-electron chi connectivity index (χ0n) is 8.74. The third kappa shape index (κ3) is 2.25. The van der Waals surface area contributed by atoms with Gasteiger partial charge in [-0.2, -0.15) is 0 Å². The Labute approximate surface area is 101 Å². The largest absolute Gasteiger partial charge is 0.378 e. The summed E-state index contributed by atoms with van der Waals surface area (Å²) in [5.74, 6) is 0. The van der Waals surface area contributed by atoms with Crippen molar-refractivity contribution in [3.8, 4) is 5.69 Å². The predicted octanol–water partition coefficient (Wildman–Crippen LogP) is 2.07. The Hall–Kier alpha value is -1.33. The molecular formula is C11H11BrN2O2. The Morgan fingerprint density at radius 2 is 2.06 bits per heavy atom. The van der Waals surface area contributed by atoms with Gasteiger partial charge < -0.3 is 4.74 Å². The molecule has 0 aliphatic rings. The fourth-order valence-electron chi connectivity index (χ4n) is 1.46. The normalized spacial score (nSPS) is 10.6. The molecule has 0 aliphatic carbocycles. The minimum Gasteiger partial charge on any atom is -0.378 e. The molecule has 0 unspecified atom stereocenters. The molecule has 16 heavy (non-hydrogen) atoms. The van der Waals surface area contributed by atoms with Crippen molar-refractivity contribution in [1.82, 2.24) is 9.78 Å². The van der Waals surface area contributed by atoms with Gasteiger partial charge in [0, 0.05) is 17.6 Å². The first-order valence-electron chi connectivity index (χ1n) is 4.76. The second-order valence-electron chi connectivity index (χ2n) is 3.36. The van der Waals surface area contributed by atoms with E-state index in [1.807, 2.05) is 24.3 Å². The monoisotopic (exact) mass is 282 g/mol. The Morgan fingerprint density at radius 3 is 2.69 bits per heavy atom. The summed E-state index contributed by atoms with van der Waals surface area (Å²) in [5.41, 5.74) is 1.47. The first kappa shape index (κ1) is 11.2. The topological polar surface area (TPSA) is 47.0 Å². The maximum Gasteiger partial charge on any atom is 0.271 e. The fourth-order valence-corrected chi connectivity index (χ4v) is 1.72. The molecule has 1 N–H and O–H groups in total. The standard InChI is InChI=1S/C11H11BrN2O2/c1-16-7-9-6-11(15)14(13-9)10-4-2-8(12)3-5-10/h2-6,13H,7H2,1H3. The number of halogens is 1. The lowest BCUT2D eigenvalue weighted by Crippen LogP contribution is -2.13. The highest BCUT2D eigenvalue weighted by molar-refractivity contribution is 9.10. The first-order valence-corrected chi connectivity index (χ1v) is 5.56. The molecule has 4 nitrogen and oxygen atoms in total. The molecule has 0 radical (unpaired) electrons. The lowest BCUT2D eigenvalue weighted by Gasteiger charge is -2.01. The SMILES string of the molecule is COCc1cc(=O)n(-c2ccc(Br)cc2)[nH]1. The van der Waals surface area contributed by atoms with Gasteiger partial charge in [-0.1, -0.05) is 15.9 Å². The van der Waals surface area contributed by atoms with E-state index >= 15 is 0 Å². The summed E-state index contributed by atoms with van der Waals surface area (Å²) in [7, 11) is 1.59. The number of rotatable bonds is 3. The van der Waals surface area contributed by atoms with Gasteiger partial charge >= 0.3 is 0 Å². The van der Waals surface area contributed by atoms with Crippen LogP contribution in [0.25, 0.3) is 5.69 Å². The van der Waals surface area contributed by atoms with Crippen LogP contribution in [-0.2, 0) is 11.3 Å². The summed E-state index contributed by atoms with van der Waals surface area (Å²) < 4.78 is 7.43. The van der Waals surface area contributed by atoms with Crippen LogP contribution in [0.1, 0.15) is 5.69 Å². The number of benzene rings is 1. The smallest absolute Gasteiger partial charge is 0.271 e. The minimum atomic E-state index is -0.0885. The van der Waals surface area contributed by atoms with Crippen LogP contribution in [0.2, 0.25) is 0 Å². The number of aromatic nitrogens is 2. The third-order valence-electron chi connectivity index (χ3n) is 2.16. The average molecular weight is 283 g/mol. The van der Waals surface area contributed by atoms with Gasteiger partial charge in [0.15, 0.2) is 0 Å². The van der Waals surface area contributed by atoms with E-state index in [1.165, 1.54) is 10.7 Å². The Bertz CT molecular complexity index is 528. The zero-order valence-corrected chi connectivity index (χ0v) is 10.3. The minimum absolute atomic E-state index is 0.0885. The molecule has 1 heterocycles. The van der Waals surface area contributed by atoms with Gasteiger partial charge in [0.2, 0.25) is 0 Å². The second-order valence-corrected chi connectivity index (χ2v) is 4.28. The molecule has 2 aromatic rings. The van der Waals surface area contributed by atoms with Crippen molar-refractivity contribution in [2.24, 2.45) is 0 Å². The Morgan fingerprint density at radius 1 is 1.38 bits per heavy atom. The van der Waals surface area contributed by atoms with E-state index in [-0.39, 0.29) is 5.56 Å². The van der Waals surface area contributed by atoms with E-state index < -0.39 is 0 Å². The summed E-state index contributed by atoms with van der Waals surface area (Å²) in [6, 6.07) is 9.03. The molecule has 0 fully saturated rings. The summed E-state index contributed by atoms with van der Waals surface area (Å²) >= 11 is 3.35. The van der Waals surface area contributed by atoms with Gasteiger partial charge in [0.05, 0.1) is 18.0 Å². The number of aromatic amines is 1. The molecule has 0 aliphatic heterocycles. The van der Waals surface area contributed by atoms with Gasteiger partial charge in [-0.3, -0.25) is 9.89 Å². The van der Waals surface area contributed by atoms with Crippen molar-refractivity contribution >= 4 is 15.9 Å². The van der Waals surface area contributed by atoms with E-state index in [0.29, 0.717) is 6.61 Å². The molecule has 0 amide bonds. The maximum atomic E-state index is 11.7. The average Bonchev–Trinajstić information content (AvgIpc) is 2.61. The number of H-pyrrole nitrogens is 1. The van der Waals surface area contributed by atoms with E-state index in [1.54, 1.807) is 7.11 Å². The highest BCUT2D eigenvalue weighted by Crippen LogP contribution is 2.12. The summed E-state index contributed by atoms with van der Waals surface area (Å²) in [5, 5.41) is 2.98.